The summed E-state index contributed by atoms with van der Waals surface area (Å²) in [6.45, 7) is 28.9. The number of alkyl halides is 2. The lowest BCUT2D eigenvalue weighted by Gasteiger charge is -1.81. The third-order valence-electron chi connectivity index (χ3n) is 3.81. The molecule has 0 aliphatic rings. The summed E-state index contributed by atoms with van der Waals surface area (Å²) in [4.78, 5) is 0. The summed E-state index contributed by atoms with van der Waals surface area (Å²) in [7, 11) is 0. The second-order valence-electron chi connectivity index (χ2n) is 7.26. The second-order valence-corrected chi connectivity index (χ2v) is 8.06. The van der Waals surface area contributed by atoms with Crippen molar-refractivity contribution in [2.75, 3.05) is 5.34 Å². The Hall–Kier alpha value is -0.720. The minimum atomic E-state index is 0.194. The Morgan fingerprint density at radius 1 is 0.394 bits per heavy atom. The molecule has 0 fully saturated rings. The van der Waals surface area contributed by atoms with Gasteiger partial charge in [-0.15, -0.1) is 56.1 Å². The predicted octanol–water partition coefficient (Wildman–Crippen LogP) is 13.2. The van der Waals surface area contributed by atoms with Crippen LogP contribution in [0.1, 0.15) is 131 Å². The van der Waals surface area contributed by atoms with Gasteiger partial charge < -0.3 is 0 Å². The van der Waals surface area contributed by atoms with Gasteiger partial charge in [0.25, 0.3) is 0 Å². The van der Waals surface area contributed by atoms with Crippen molar-refractivity contribution in [1.29, 1.82) is 0 Å². The first-order chi connectivity index (χ1) is 16.0. The number of unbranched alkanes of at least 4 members (excludes halogenated alkanes) is 10. The first kappa shape index (κ1) is 45.7. The van der Waals surface area contributed by atoms with Crippen molar-refractivity contribution in [3.63, 3.8) is 0 Å². The first-order valence-corrected chi connectivity index (χ1v) is 14.2. The van der Waals surface area contributed by atoms with E-state index >= 15 is 0 Å². The summed E-state index contributed by atoms with van der Waals surface area (Å²) in [6.07, 6.45) is 28.6. The Bertz CT molecular complexity index is 238. The van der Waals surface area contributed by atoms with E-state index in [1.807, 2.05) is 30.4 Å². The molecule has 0 atom stereocenters. The maximum atomic E-state index is 4.76. The Balaban J connectivity index is -0.0000000670. The fraction of sp³-hybridized carbons (Fsp3) is 0.677. The third-order valence-corrected chi connectivity index (χ3v) is 3.81. The summed E-state index contributed by atoms with van der Waals surface area (Å²) in [6, 6.07) is 0. The first-order valence-electron chi connectivity index (χ1n) is 13.2. The van der Waals surface area contributed by atoms with Gasteiger partial charge in [-0.25, -0.2) is 0 Å². The number of hydrogen-bond donors (Lipinski definition) is 0. The molecular formula is C31H62Cl2. The van der Waals surface area contributed by atoms with Crippen molar-refractivity contribution in [2.24, 2.45) is 0 Å². The maximum Gasteiger partial charge on any atom is 0.0967 e. The van der Waals surface area contributed by atoms with Crippen molar-refractivity contribution in [3.8, 4) is 0 Å². The fourth-order valence-corrected chi connectivity index (χ4v) is 1.74. The molecule has 0 heterocycles. The molecule has 0 aromatic heterocycles. The highest BCUT2D eigenvalue weighted by molar-refractivity contribution is 6.40. The number of halogens is 2. The molecule has 0 aromatic rings. The Morgan fingerprint density at radius 3 is 0.545 bits per heavy atom. The molecule has 0 aliphatic heterocycles. The van der Waals surface area contributed by atoms with E-state index in [9.17, 15) is 0 Å². The van der Waals surface area contributed by atoms with Crippen LogP contribution in [-0.2, 0) is 0 Å². The lowest BCUT2D eigenvalue weighted by atomic mass is 10.3. The minimum Gasteiger partial charge on any atom is -0.109 e. The lowest BCUT2D eigenvalue weighted by Crippen LogP contribution is -1.61. The van der Waals surface area contributed by atoms with E-state index in [2.05, 4.69) is 67.5 Å². The Kier molecular flexibility index (Phi) is 96.6. The van der Waals surface area contributed by atoms with Crippen molar-refractivity contribution < 1.29 is 0 Å². The topological polar surface area (TPSA) is 0 Å². The van der Waals surface area contributed by atoms with Crippen LogP contribution in [0.25, 0.3) is 0 Å². The van der Waals surface area contributed by atoms with Crippen LogP contribution in [0.2, 0.25) is 0 Å². The van der Waals surface area contributed by atoms with E-state index in [0.717, 1.165) is 0 Å². The molecule has 0 aliphatic carbocycles. The van der Waals surface area contributed by atoms with Crippen LogP contribution < -0.4 is 0 Å². The molecule has 0 saturated carbocycles. The van der Waals surface area contributed by atoms with Crippen LogP contribution >= 0.6 is 23.2 Å². The average Bonchev–Trinajstić information content (AvgIpc) is 2.84. The van der Waals surface area contributed by atoms with Gasteiger partial charge in [0.1, 0.15) is 0 Å². The zero-order valence-corrected chi connectivity index (χ0v) is 25.0. The van der Waals surface area contributed by atoms with Crippen molar-refractivity contribution in [3.05, 3.63) is 63.3 Å². The SMILES string of the molecule is C=CCCCC.C=CCCCC.C=CCCCC.C=CCCCC.C=CCCCC.ClCCl. The quantitative estimate of drug-likeness (QED) is 0.118. The van der Waals surface area contributed by atoms with Crippen LogP contribution in [-0.4, -0.2) is 5.34 Å². The molecule has 0 aromatic carbocycles. The van der Waals surface area contributed by atoms with Gasteiger partial charge in [0.05, 0.1) is 5.34 Å². The van der Waals surface area contributed by atoms with Gasteiger partial charge in [-0.05, 0) is 32.1 Å². The highest BCUT2D eigenvalue weighted by Gasteiger charge is 1.73. The van der Waals surface area contributed by atoms with E-state index in [1.54, 1.807) is 0 Å². The van der Waals surface area contributed by atoms with Gasteiger partial charge in [0, 0.05) is 0 Å². The minimum absolute atomic E-state index is 0.194. The zero-order valence-electron chi connectivity index (χ0n) is 23.5. The summed E-state index contributed by atoms with van der Waals surface area (Å²) in [5.41, 5.74) is 0. The summed E-state index contributed by atoms with van der Waals surface area (Å²) in [5.74, 6) is 0. The summed E-state index contributed by atoms with van der Waals surface area (Å²) in [5, 5.41) is 0.194. The molecule has 200 valence electrons. The van der Waals surface area contributed by atoms with Gasteiger partial charge >= 0.3 is 0 Å². The van der Waals surface area contributed by atoms with Gasteiger partial charge in [-0.1, -0.05) is 129 Å². The second kappa shape index (κ2) is 69.7. The van der Waals surface area contributed by atoms with E-state index in [1.165, 1.54) is 96.3 Å². The molecular weight excluding hydrogens is 443 g/mol. The standard InChI is InChI=1S/5C6H12.CH2Cl2/c5*1-3-5-6-4-2;2-1-3/h5*3H,1,4-6H2,2H3;1H2. The highest BCUT2D eigenvalue weighted by Crippen LogP contribution is 1.93. The van der Waals surface area contributed by atoms with Crippen molar-refractivity contribution >= 4 is 23.2 Å². The van der Waals surface area contributed by atoms with Crippen LogP contribution in [0, 0.1) is 0 Å². The normalized spacial score (nSPS) is 7.97. The molecule has 0 spiro atoms. The van der Waals surface area contributed by atoms with Crippen LogP contribution in [0.5, 0.6) is 0 Å². The summed E-state index contributed by atoms with van der Waals surface area (Å²) >= 11 is 9.53. The highest BCUT2D eigenvalue weighted by atomic mass is 35.5. The zero-order chi connectivity index (χ0) is 26.8. The predicted molar refractivity (Wildman–Crippen MR) is 165 cm³/mol. The molecule has 2 heteroatoms. The molecule has 0 N–H and O–H groups in total. The number of hydrogen-bond acceptors (Lipinski definition) is 0. The van der Waals surface area contributed by atoms with Crippen LogP contribution in [0.4, 0.5) is 0 Å². The van der Waals surface area contributed by atoms with Gasteiger partial charge in [0.15, 0.2) is 0 Å². The molecule has 33 heavy (non-hydrogen) atoms. The molecule has 0 amide bonds. The molecule has 0 radical (unpaired) electrons. The number of rotatable bonds is 15. The molecule has 0 rings (SSSR count). The van der Waals surface area contributed by atoms with E-state index in [-0.39, 0.29) is 5.34 Å². The Labute approximate surface area is 222 Å². The maximum absolute atomic E-state index is 4.76. The molecule has 0 bridgehead atoms. The van der Waals surface area contributed by atoms with Gasteiger partial charge in [-0.3, -0.25) is 0 Å². The smallest absolute Gasteiger partial charge is 0.0967 e. The van der Waals surface area contributed by atoms with Gasteiger partial charge in [0.2, 0.25) is 0 Å². The van der Waals surface area contributed by atoms with E-state index in [0.29, 0.717) is 0 Å². The van der Waals surface area contributed by atoms with Crippen LogP contribution in [0.15, 0.2) is 63.3 Å². The third kappa shape index (κ3) is 132. The Morgan fingerprint density at radius 2 is 0.515 bits per heavy atom. The largest absolute Gasteiger partial charge is 0.109 e. The van der Waals surface area contributed by atoms with Crippen molar-refractivity contribution in [2.45, 2.75) is 131 Å². The number of allylic oxidation sites excluding steroid dienone is 5. The van der Waals surface area contributed by atoms with Crippen LogP contribution in [0.3, 0.4) is 0 Å². The monoisotopic (exact) mass is 504 g/mol. The molecule has 0 saturated heterocycles. The lowest BCUT2D eigenvalue weighted by molar-refractivity contribution is 0.816. The van der Waals surface area contributed by atoms with E-state index in [4.69, 9.17) is 23.2 Å². The average molecular weight is 506 g/mol. The summed E-state index contributed by atoms with van der Waals surface area (Å²) < 4.78 is 0. The molecule has 0 unspecified atom stereocenters. The molecule has 0 nitrogen and oxygen atoms in total. The van der Waals surface area contributed by atoms with E-state index < -0.39 is 0 Å². The van der Waals surface area contributed by atoms with Crippen molar-refractivity contribution in [1.82, 2.24) is 0 Å². The van der Waals surface area contributed by atoms with Gasteiger partial charge in [-0.2, -0.15) is 0 Å². The fourth-order valence-electron chi connectivity index (χ4n) is 1.74.